The smallest absolute Gasteiger partial charge is 0.403 e. The fraction of sp³-hybridized carbons (Fsp3) is 0.320. The predicted molar refractivity (Wildman–Crippen MR) is 118 cm³/mol. The van der Waals surface area contributed by atoms with Gasteiger partial charge in [-0.1, -0.05) is 72.8 Å². The van der Waals surface area contributed by atoms with E-state index in [1.54, 1.807) is 0 Å². The number of Topliss-reactive ketones (excluding diaryl/α,β-unsaturated/α-hetero) is 1. The van der Waals surface area contributed by atoms with Crippen molar-refractivity contribution >= 4 is 23.7 Å². The van der Waals surface area contributed by atoms with Crippen molar-refractivity contribution in [3.63, 3.8) is 0 Å². The lowest BCUT2D eigenvalue weighted by Gasteiger charge is -2.32. The number of benzene rings is 3. The van der Waals surface area contributed by atoms with Crippen molar-refractivity contribution in [2.75, 3.05) is 0 Å². The second kappa shape index (κ2) is 7.44. The number of carbonyl (C=O) groups excluding carboxylic acids is 1. The number of fused-ring (bicyclic) bond motifs is 1. The number of hydrogen-bond donors (Lipinski definition) is 0. The quantitative estimate of drug-likeness (QED) is 0.409. The normalized spacial score (nSPS) is 18.7. The molecule has 148 valence electrons. The highest BCUT2D eigenvalue weighted by Crippen LogP contribution is 2.43. The molecule has 0 aromatic heterocycles. The van der Waals surface area contributed by atoms with Crippen molar-refractivity contribution in [1.82, 2.24) is 0 Å². The lowest BCUT2D eigenvalue weighted by atomic mass is 9.64. The molecular weight excluding hydrogens is 359 g/mol. The summed E-state index contributed by atoms with van der Waals surface area (Å²) < 4.78 is 12.8. The molecule has 3 aromatic rings. The minimum Gasteiger partial charge on any atom is -0.403 e. The van der Waals surface area contributed by atoms with E-state index in [4.69, 9.17) is 9.31 Å². The molecule has 0 unspecified atom stereocenters. The van der Waals surface area contributed by atoms with Crippen LogP contribution in [0, 0.1) is 0 Å². The van der Waals surface area contributed by atoms with Crippen molar-refractivity contribution in [3.05, 3.63) is 83.9 Å². The molecule has 0 radical (unpaired) electrons. The van der Waals surface area contributed by atoms with Gasteiger partial charge in [-0.15, -0.1) is 0 Å². The van der Waals surface area contributed by atoms with Gasteiger partial charge in [-0.05, 0) is 44.0 Å². The highest BCUT2D eigenvalue weighted by Gasteiger charge is 2.54. The minimum absolute atomic E-state index is 0.0956. The molecule has 1 atom stereocenters. The summed E-state index contributed by atoms with van der Waals surface area (Å²) in [5, 5.41) is 2.29. The van der Waals surface area contributed by atoms with Gasteiger partial charge >= 0.3 is 7.12 Å². The first-order valence-corrected chi connectivity index (χ1v) is 10.2. The zero-order valence-corrected chi connectivity index (χ0v) is 17.5. The van der Waals surface area contributed by atoms with Crippen molar-refractivity contribution in [2.24, 2.45) is 0 Å². The second-order valence-electron chi connectivity index (χ2n) is 8.79. The van der Waals surface area contributed by atoms with Crippen LogP contribution >= 0.6 is 0 Å². The Morgan fingerprint density at radius 2 is 1.41 bits per heavy atom. The van der Waals surface area contributed by atoms with Gasteiger partial charge in [0.25, 0.3) is 0 Å². The molecule has 0 bridgehead atoms. The van der Waals surface area contributed by atoms with E-state index in [0.29, 0.717) is 12.0 Å². The molecule has 0 aliphatic carbocycles. The van der Waals surface area contributed by atoms with E-state index in [-0.39, 0.29) is 11.6 Å². The molecule has 3 aromatic carbocycles. The first-order chi connectivity index (χ1) is 13.8. The highest BCUT2D eigenvalue weighted by atomic mass is 16.7. The van der Waals surface area contributed by atoms with Crippen LogP contribution in [0.2, 0.25) is 0 Å². The largest absolute Gasteiger partial charge is 0.466 e. The maximum atomic E-state index is 13.1. The van der Waals surface area contributed by atoms with Gasteiger partial charge in [-0.25, -0.2) is 0 Å². The Kier molecular flexibility index (Phi) is 5.10. The van der Waals surface area contributed by atoms with Crippen molar-refractivity contribution in [1.29, 1.82) is 0 Å². The third kappa shape index (κ3) is 3.75. The molecule has 0 N–H and O–H groups in total. The lowest BCUT2D eigenvalue weighted by molar-refractivity contribution is 0.00578. The third-order valence-corrected chi connectivity index (χ3v) is 6.32. The summed E-state index contributed by atoms with van der Waals surface area (Å²) in [6, 6.07) is 24.0. The average molecular weight is 386 g/mol. The number of carbonyl (C=O) groups is 1. The molecule has 4 rings (SSSR count). The van der Waals surface area contributed by atoms with Crippen molar-refractivity contribution in [3.8, 4) is 0 Å². The third-order valence-electron chi connectivity index (χ3n) is 6.32. The molecule has 29 heavy (non-hydrogen) atoms. The van der Waals surface area contributed by atoms with Crippen LogP contribution in [0.4, 0.5) is 0 Å². The monoisotopic (exact) mass is 386 g/mol. The molecule has 1 heterocycles. The van der Waals surface area contributed by atoms with Crippen LogP contribution < -0.4 is 0 Å². The van der Waals surface area contributed by atoms with Crippen molar-refractivity contribution < 1.29 is 14.1 Å². The van der Waals surface area contributed by atoms with Crippen LogP contribution in [0.1, 0.15) is 55.9 Å². The van der Waals surface area contributed by atoms with Crippen LogP contribution in [-0.4, -0.2) is 24.1 Å². The van der Waals surface area contributed by atoms with E-state index in [1.807, 2.05) is 76.2 Å². The highest BCUT2D eigenvalue weighted by molar-refractivity contribution is 6.48. The fourth-order valence-electron chi connectivity index (χ4n) is 3.92. The lowest BCUT2D eigenvalue weighted by Crippen LogP contribution is -2.41. The van der Waals surface area contributed by atoms with Gasteiger partial charge in [-0.3, -0.25) is 4.79 Å². The Hall–Kier alpha value is -2.43. The fourth-order valence-corrected chi connectivity index (χ4v) is 3.92. The molecule has 1 saturated heterocycles. The van der Waals surface area contributed by atoms with Gasteiger partial charge in [0.05, 0.1) is 11.2 Å². The maximum absolute atomic E-state index is 13.1. The first kappa shape index (κ1) is 19.9. The summed E-state index contributed by atoms with van der Waals surface area (Å²) in [6.45, 7) is 8.19. The topological polar surface area (TPSA) is 35.5 Å². The van der Waals surface area contributed by atoms with E-state index < -0.39 is 18.3 Å². The molecule has 1 aliphatic rings. The summed E-state index contributed by atoms with van der Waals surface area (Å²) in [6.07, 6.45) is 0.328. The Morgan fingerprint density at radius 1 is 0.828 bits per heavy atom. The summed E-state index contributed by atoms with van der Waals surface area (Å²) in [7, 11) is -0.488. The number of hydrogen-bond acceptors (Lipinski definition) is 3. The van der Waals surface area contributed by atoms with E-state index >= 15 is 0 Å². The van der Waals surface area contributed by atoms with E-state index in [2.05, 4.69) is 24.3 Å². The van der Waals surface area contributed by atoms with Crippen LogP contribution in [0.5, 0.6) is 0 Å². The number of rotatable bonds is 5. The van der Waals surface area contributed by atoms with Gasteiger partial charge < -0.3 is 9.31 Å². The summed E-state index contributed by atoms with van der Waals surface area (Å²) >= 11 is 0. The van der Waals surface area contributed by atoms with Gasteiger partial charge in [0, 0.05) is 17.8 Å². The standard InChI is InChI=1S/C25H27BO3/c1-24(2)25(3,4)29-26(28-24)22(17-23(27)19-12-6-5-7-13-19)21-16-10-14-18-11-8-9-15-20(18)21/h5-16,22H,17H2,1-4H3/t22-/m1/s1. The van der Waals surface area contributed by atoms with Gasteiger partial charge in [0.15, 0.2) is 5.78 Å². The maximum Gasteiger partial charge on any atom is 0.466 e. The molecule has 1 aliphatic heterocycles. The molecule has 1 fully saturated rings. The van der Waals surface area contributed by atoms with Crippen LogP contribution in [0.3, 0.4) is 0 Å². The molecule has 3 nitrogen and oxygen atoms in total. The molecule has 0 spiro atoms. The Labute approximate surface area is 173 Å². The van der Waals surface area contributed by atoms with Gasteiger partial charge in [0.2, 0.25) is 0 Å². The summed E-state index contributed by atoms with van der Waals surface area (Å²) in [4.78, 5) is 13.1. The second-order valence-corrected chi connectivity index (χ2v) is 8.79. The van der Waals surface area contributed by atoms with Crippen molar-refractivity contribution in [2.45, 2.75) is 51.1 Å². The van der Waals surface area contributed by atoms with E-state index in [0.717, 1.165) is 16.3 Å². The molecule has 0 saturated carbocycles. The van der Waals surface area contributed by atoms with Crippen LogP contribution in [0.25, 0.3) is 10.8 Å². The van der Waals surface area contributed by atoms with Crippen LogP contribution in [-0.2, 0) is 9.31 Å². The van der Waals surface area contributed by atoms with Gasteiger partial charge in [-0.2, -0.15) is 0 Å². The Bertz CT molecular complexity index is 1010. The zero-order valence-electron chi connectivity index (χ0n) is 17.5. The predicted octanol–water partition coefficient (Wildman–Crippen LogP) is 5.83. The molecular formula is C25H27BO3. The Morgan fingerprint density at radius 3 is 2.10 bits per heavy atom. The van der Waals surface area contributed by atoms with E-state index in [1.165, 1.54) is 0 Å². The summed E-state index contributed by atoms with van der Waals surface area (Å²) in [5.74, 6) is -0.104. The average Bonchev–Trinajstić information content (AvgIpc) is 2.93. The van der Waals surface area contributed by atoms with E-state index in [9.17, 15) is 4.79 Å². The Balaban J connectivity index is 1.76. The zero-order chi connectivity index (χ0) is 20.6. The SMILES string of the molecule is CC1(C)OB([C@H](CC(=O)c2ccccc2)c2cccc3ccccc23)OC1(C)C. The minimum atomic E-state index is -0.488. The van der Waals surface area contributed by atoms with Crippen LogP contribution in [0.15, 0.2) is 72.8 Å². The summed E-state index contributed by atoms with van der Waals surface area (Å²) in [5.41, 5.74) is 0.909. The number of ketones is 1. The molecule has 4 heteroatoms. The van der Waals surface area contributed by atoms with Gasteiger partial charge in [0.1, 0.15) is 0 Å². The first-order valence-electron chi connectivity index (χ1n) is 10.2. The molecule has 0 amide bonds.